The van der Waals surface area contributed by atoms with Gasteiger partial charge in [-0.1, -0.05) is 29.8 Å². The molecule has 2 aromatic rings. The monoisotopic (exact) mass is 350 g/mol. The minimum Gasteiger partial charge on any atom is -0.478 e. The van der Waals surface area contributed by atoms with Gasteiger partial charge in [0.1, 0.15) is 5.75 Å². The number of benzene rings is 1. The molecule has 0 fully saturated rings. The van der Waals surface area contributed by atoms with Gasteiger partial charge >= 0.3 is 12.0 Å². The van der Waals surface area contributed by atoms with Crippen LogP contribution in [0.15, 0.2) is 28.9 Å². The summed E-state index contributed by atoms with van der Waals surface area (Å²) >= 11 is 3.44. The van der Waals surface area contributed by atoms with E-state index in [1.165, 1.54) is 6.20 Å². The number of carboxylic acid groups (broad SMARTS) is 1. The number of aryl methyl sites for hydroxylation is 1. The molecule has 2 rings (SSSR count). The van der Waals surface area contributed by atoms with Crippen LogP contribution in [-0.4, -0.2) is 21.0 Å². The van der Waals surface area contributed by atoms with Crippen LogP contribution >= 0.6 is 15.9 Å². The van der Waals surface area contributed by atoms with Gasteiger partial charge in [0.2, 0.25) is 0 Å². The van der Waals surface area contributed by atoms with Crippen molar-refractivity contribution in [1.29, 1.82) is 0 Å². The van der Waals surface area contributed by atoms with Gasteiger partial charge in [0.25, 0.3) is 0 Å². The highest BCUT2D eigenvalue weighted by Gasteiger charge is 2.14. The van der Waals surface area contributed by atoms with Crippen LogP contribution in [-0.2, 0) is 0 Å². The summed E-state index contributed by atoms with van der Waals surface area (Å²) in [6.45, 7) is 5.74. The maximum Gasteiger partial charge on any atom is 0.339 e. The molecule has 0 atom stereocenters. The minimum absolute atomic E-state index is 0.0715. The Labute approximate surface area is 131 Å². The minimum atomic E-state index is -1.05. The summed E-state index contributed by atoms with van der Waals surface area (Å²) in [5.41, 5.74) is 1.46. The largest absolute Gasteiger partial charge is 0.478 e. The number of aromatic nitrogens is 2. The van der Waals surface area contributed by atoms with E-state index in [9.17, 15) is 4.79 Å². The van der Waals surface area contributed by atoms with Crippen molar-refractivity contribution >= 4 is 21.9 Å². The van der Waals surface area contributed by atoms with E-state index in [0.717, 1.165) is 10.0 Å². The maximum atomic E-state index is 10.9. The van der Waals surface area contributed by atoms with Gasteiger partial charge < -0.3 is 9.84 Å². The Balaban J connectivity index is 2.34. The first-order valence-corrected chi connectivity index (χ1v) is 7.22. The molecule has 1 aromatic heterocycles. The summed E-state index contributed by atoms with van der Waals surface area (Å²) in [6.07, 6.45) is 1.26. The Kier molecular flexibility index (Phi) is 4.57. The van der Waals surface area contributed by atoms with E-state index in [1.807, 2.05) is 18.2 Å². The highest BCUT2D eigenvalue weighted by molar-refractivity contribution is 9.10. The number of carbonyl (C=O) groups is 1. The average molecular weight is 351 g/mol. The SMILES string of the molecule is Cc1nc(Oc2ccc(Br)cc2C(C)C)ncc1C(=O)O. The van der Waals surface area contributed by atoms with E-state index in [-0.39, 0.29) is 17.5 Å². The standard InChI is InChI=1S/C15H15BrN2O3/c1-8(2)11-6-10(16)4-5-13(11)21-15-17-7-12(14(19)20)9(3)18-15/h4-8H,1-3H3,(H,19,20). The number of hydrogen-bond donors (Lipinski definition) is 1. The number of aromatic carboxylic acids is 1. The van der Waals surface area contributed by atoms with E-state index in [0.29, 0.717) is 11.4 Å². The van der Waals surface area contributed by atoms with Gasteiger partial charge in [0.05, 0.1) is 11.3 Å². The predicted octanol–water partition coefficient (Wildman–Crippen LogP) is 4.16. The van der Waals surface area contributed by atoms with Crippen LogP contribution in [0.3, 0.4) is 0 Å². The molecule has 0 amide bonds. The van der Waals surface area contributed by atoms with Gasteiger partial charge in [0, 0.05) is 10.7 Å². The first-order chi connectivity index (χ1) is 9.88. The number of carboxylic acids is 1. The predicted molar refractivity (Wildman–Crippen MR) is 82.0 cm³/mol. The lowest BCUT2D eigenvalue weighted by Crippen LogP contribution is -2.05. The smallest absolute Gasteiger partial charge is 0.339 e. The normalized spacial score (nSPS) is 10.7. The molecule has 6 heteroatoms. The fourth-order valence-corrected chi connectivity index (χ4v) is 2.25. The van der Waals surface area contributed by atoms with Crippen LogP contribution in [0.25, 0.3) is 0 Å². The van der Waals surface area contributed by atoms with Crippen LogP contribution in [0.1, 0.15) is 41.4 Å². The van der Waals surface area contributed by atoms with Crippen molar-refractivity contribution in [3.8, 4) is 11.8 Å². The first kappa shape index (κ1) is 15.4. The van der Waals surface area contributed by atoms with Gasteiger partial charge in [-0.3, -0.25) is 0 Å². The molecule has 0 saturated heterocycles. The molecule has 1 aromatic carbocycles. The third-order valence-electron chi connectivity index (χ3n) is 2.98. The molecule has 0 aliphatic carbocycles. The molecule has 0 spiro atoms. The van der Waals surface area contributed by atoms with Gasteiger partial charge in [-0.25, -0.2) is 9.78 Å². The summed E-state index contributed by atoms with van der Waals surface area (Å²) in [5, 5.41) is 8.97. The maximum absolute atomic E-state index is 10.9. The van der Waals surface area contributed by atoms with Crippen molar-refractivity contribution in [2.75, 3.05) is 0 Å². The molecule has 110 valence electrons. The number of rotatable bonds is 4. The first-order valence-electron chi connectivity index (χ1n) is 6.42. The number of ether oxygens (including phenoxy) is 1. The molecule has 21 heavy (non-hydrogen) atoms. The topological polar surface area (TPSA) is 72.3 Å². The van der Waals surface area contributed by atoms with Crippen molar-refractivity contribution in [3.63, 3.8) is 0 Å². The molecule has 0 unspecified atom stereocenters. The molecule has 0 bridgehead atoms. The van der Waals surface area contributed by atoms with Gasteiger partial charge in [-0.15, -0.1) is 0 Å². The van der Waals surface area contributed by atoms with Gasteiger partial charge in [-0.05, 0) is 36.6 Å². The third kappa shape index (κ3) is 3.58. The Morgan fingerprint density at radius 1 is 1.38 bits per heavy atom. The molecule has 1 N–H and O–H groups in total. The highest BCUT2D eigenvalue weighted by Crippen LogP contribution is 2.31. The second-order valence-corrected chi connectivity index (χ2v) is 5.81. The van der Waals surface area contributed by atoms with Gasteiger partial charge in [-0.2, -0.15) is 4.98 Å². The zero-order valence-corrected chi connectivity index (χ0v) is 13.5. The van der Waals surface area contributed by atoms with Crippen molar-refractivity contribution < 1.29 is 14.6 Å². The fraction of sp³-hybridized carbons (Fsp3) is 0.267. The van der Waals surface area contributed by atoms with E-state index >= 15 is 0 Å². The van der Waals surface area contributed by atoms with E-state index in [1.54, 1.807) is 6.92 Å². The van der Waals surface area contributed by atoms with Crippen LogP contribution < -0.4 is 4.74 Å². The second-order valence-electron chi connectivity index (χ2n) is 4.90. The number of halogens is 1. The van der Waals surface area contributed by atoms with Crippen molar-refractivity contribution in [1.82, 2.24) is 9.97 Å². The molecule has 5 nitrogen and oxygen atoms in total. The Morgan fingerprint density at radius 2 is 2.10 bits per heavy atom. The van der Waals surface area contributed by atoms with Crippen molar-refractivity contribution in [3.05, 3.63) is 45.7 Å². The second kappa shape index (κ2) is 6.22. The van der Waals surface area contributed by atoms with Crippen molar-refractivity contribution in [2.45, 2.75) is 26.7 Å². The van der Waals surface area contributed by atoms with Crippen LogP contribution in [0.2, 0.25) is 0 Å². The number of nitrogens with zero attached hydrogens (tertiary/aromatic N) is 2. The third-order valence-corrected chi connectivity index (χ3v) is 3.48. The summed E-state index contributed by atoms with van der Waals surface area (Å²) in [7, 11) is 0. The van der Waals surface area contributed by atoms with Crippen LogP contribution in [0, 0.1) is 6.92 Å². The average Bonchev–Trinajstić information content (AvgIpc) is 2.40. The van der Waals surface area contributed by atoms with Crippen LogP contribution in [0.5, 0.6) is 11.8 Å². The lowest BCUT2D eigenvalue weighted by molar-refractivity contribution is 0.0695. The molecular formula is C15H15BrN2O3. The summed E-state index contributed by atoms with van der Waals surface area (Å²) in [6, 6.07) is 5.84. The molecule has 0 radical (unpaired) electrons. The van der Waals surface area contributed by atoms with Gasteiger partial charge in [0.15, 0.2) is 0 Å². The van der Waals surface area contributed by atoms with E-state index in [4.69, 9.17) is 9.84 Å². The highest BCUT2D eigenvalue weighted by atomic mass is 79.9. The summed E-state index contributed by atoms with van der Waals surface area (Å²) in [4.78, 5) is 19.0. The summed E-state index contributed by atoms with van der Waals surface area (Å²) in [5.74, 6) is -0.113. The zero-order valence-electron chi connectivity index (χ0n) is 11.9. The van der Waals surface area contributed by atoms with Crippen molar-refractivity contribution in [2.24, 2.45) is 0 Å². The quantitative estimate of drug-likeness (QED) is 0.895. The molecule has 1 heterocycles. The lowest BCUT2D eigenvalue weighted by Gasteiger charge is -2.13. The fourth-order valence-electron chi connectivity index (χ4n) is 1.87. The molecule has 0 aliphatic rings. The lowest BCUT2D eigenvalue weighted by atomic mass is 10.0. The summed E-state index contributed by atoms with van der Waals surface area (Å²) < 4.78 is 6.67. The number of hydrogen-bond acceptors (Lipinski definition) is 4. The molecule has 0 aliphatic heterocycles. The zero-order chi connectivity index (χ0) is 15.6. The molecular weight excluding hydrogens is 336 g/mol. The Bertz CT molecular complexity index is 687. The van der Waals surface area contributed by atoms with Crippen LogP contribution in [0.4, 0.5) is 0 Å². The Morgan fingerprint density at radius 3 is 2.67 bits per heavy atom. The van der Waals surface area contributed by atoms with E-state index in [2.05, 4.69) is 39.7 Å². The van der Waals surface area contributed by atoms with E-state index < -0.39 is 5.97 Å². The Hall–Kier alpha value is -1.95. The molecule has 0 saturated carbocycles.